The second-order valence-electron chi connectivity index (χ2n) is 5.48. The van der Waals surface area contributed by atoms with Gasteiger partial charge < -0.3 is 20.1 Å². The monoisotopic (exact) mass is 242 g/mol. The molecule has 0 aromatic carbocycles. The van der Waals surface area contributed by atoms with Gasteiger partial charge in [0.05, 0.1) is 18.8 Å². The lowest BCUT2D eigenvalue weighted by Gasteiger charge is -2.32. The second-order valence-corrected chi connectivity index (χ2v) is 5.48. The van der Waals surface area contributed by atoms with E-state index in [1.807, 2.05) is 0 Å². The van der Waals surface area contributed by atoms with Crippen LogP contribution in [0.2, 0.25) is 0 Å². The molecule has 0 amide bonds. The Hall–Kier alpha value is -0.160. The number of ether oxygens (including phenoxy) is 1. The molecule has 17 heavy (non-hydrogen) atoms. The molecular formula is C13H26N2O2. The first-order valence-corrected chi connectivity index (χ1v) is 6.97. The lowest BCUT2D eigenvalue weighted by molar-refractivity contribution is -0.0218. The van der Waals surface area contributed by atoms with Gasteiger partial charge in [0.15, 0.2) is 0 Å². The maximum absolute atomic E-state index is 10.0. The van der Waals surface area contributed by atoms with Crippen LogP contribution in [0.5, 0.6) is 0 Å². The van der Waals surface area contributed by atoms with Crippen LogP contribution >= 0.6 is 0 Å². The van der Waals surface area contributed by atoms with Crippen LogP contribution in [0.1, 0.15) is 32.1 Å². The van der Waals surface area contributed by atoms with Gasteiger partial charge in [-0.15, -0.1) is 0 Å². The van der Waals surface area contributed by atoms with Gasteiger partial charge in [-0.2, -0.15) is 0 Å². The van der Waals surface area contributed by atoms with Crippen molar-refractivity contribution < 1.29 is 9.84 Å². The van der Waals surface area contributed by atoms with Crippen molar-refractivity contribution in [3.8, 4) is 0 Å². The third-order valence-corrected chi connectivity index (χ3v) is 3.93. The van der Waals surface area contributed by atoms with Gasteiger partial charge >= 0.3 is 0 Å². The van der Waals surface area contributed by atoms with Crippen molar-refractivity contribution in [3.63, 3.8) is 0 Å². The van der Waals surface area contributed by atoms with E-state index in [1.165, 1.54) is 19.3 Å². The first-order chi connectivity index (χ1) is 8.25. The van der Waals surface area contributed by atoms with Crippen LogP contribution < -0.4 is 5.32 Å². The Morgan fingerprint density at radius 3 is 2.94 bits per heavy atom. The fourth-order valence-corrected chi connectivity index (χ4v) is 2.80. The van der Waals surface area contributed by atoms with Crippen molar-refractivity contribution in [1.29, 1.82) is 0 Å². The molecule has 3 atom stereocenters. The highest BCUT2D eigenvalue weighted by atomic mass is 16.5. The summed E-state index contributed by atoms with van der Waals surface area (Å²) in [5.74, 6) is 0. The van der Waals surface area contributed by atoms with Crippen LogP contribution in [0.15, 0.2) is 0 Å². The number of nitrogens with zero attached hydrogens (tertiary/aromatic N) is 1. The fraction of sp³-hybridized carbons (Fsp3) is 1.00. The predicted octanol–water partition coefficient (Wildman–Crippen LogP) is 0.600. The van der Waals surface area contributed by atoms with Crippen molar-refractivity contribution in [3.05, 3.63) is 0 Å². The lowest BCUT2D eigenvalue weighted by atomic mass is 10.1. The van der Waals surface area contributed by atoms with Crippen LogP contribution in [-0.4, -0.2) is 61.5 Å². The molecule has 4 heteroatoms. The fourth-order valence-electron chi connectivity index (χ4n) is 2.80. The van der Waals surface area contributed by atoms with E-state index in [0.29, 0.717) is 0 Å². The highest BCUT2D eigenvalue weighted by Gasteiger charge is 2.23. The molecular weight excluding hydrogens is 216 g/mol. The first-order valence-electron chi connectivity index (χ1n) is 6.97. The molecule has 0 aromatic rings. The molecule has 2 fully saturated rings. The van der Waals surface area contributed by atoms with Crippen LogP contribution in [0.4, 0.5) is 0 Å². The molecule has 1 saturated carbocycles. The van der Waals surface area contributed by atoms with Crippen molar-refractivity contribution in [2.45, 2.75) is 50.4 Å². The molecule has 0 radical (unpaired) electrons. The number of morpholine rings is 1. The Balaban J connectivity index is 1.72. The minimum Gasteiger partial charge on any atom is -0.392 e. The highest BCUT2D eigenvalue weighted by Crippen LogP contribution is 2.18. The smallest absolute Gasteiger partial charge is 0.0826 e. The Bertz CT molecular complexity index is 225. The first kappa shape index (κ1) is 13.3. The van der Waals surface area contributed by atoms with Gasteiger partial charge in [0.2, 0.25) is 0 Å². The van der Waals surface area contributed by atoms with Gasteiger partial charge in [0, 0.05) is 25.7 Å². The third-order valence-electron chi connectivity index (χ3n) is 3.93. The van der Waals surface area contributed by atoms with Crippen LogP contribution in [0.25, 0.3) is 0 Å². The molecule has 3 unspecified atom stereocenters. The standard InChI is InChI=1S/C13H26N2O2/c1-15-7-8-17-11(10-15)9-14-12-5-3-2-4-6-13(12)16/h11-14,16H,2-10H2,1H3. The Labute approximate surface area is 104 Å². The largest absolute Gasteiger partial charge is 0.392 e. The highest BCUT2D eigenvalue weighted by molar-refractivity contribution is 4.81. The number of hydrogen-bond acceptors (Lipinski definition) is 4. The predicted molar refractivity (Wildman–Crippen MR) is 68.1 cm³/mol. The van der Waals surface area contributed by atoms with Crippen LogP contribution in [0.3, 0.4) is 0 Å². The van der Waals surface area contributed by atoms with E-state index in [0.717, 1.165) is 39.1 Å². The molecule has 1 aliphatic carbocycles. The quantitative estimate of drug-likeness (QED) is 0.711. The summed E-state index contributed by atoms with van der Waals surface area (Å²) in [4.78, 5) is 2.30. The number of nitrogens with one attached hydrogen (secondary N) is 1. The molecule has 2 aliphatic rings. The summed E-state index contributed by atoms with van der Waals surface area (Å²) in [5, 5.41) is 13.5. The number of aliphatic hydroxyl groups excluding tert-OH is 1. The number of rotatable bonds is 3. The summed E-state index contributed by atoms with van der Waals surface area (Å²) in [6, 6.07) is 0.272. The molecule has 100 valence electrons. The number of likely N-dealkylation sites (N-methyl/N-ethyl adjacent to an activating group) is 1. The van der Waals surface area contributed by atoms with Crippen LogP contribution in [0, 0.1) is 0 Å². The normalized spacial score (nSPS) is 36.7. The number of hydrogen-bond donors (Lipinski definition) is 2. The molecule has 0 bridgehead atoms. The zero-order valence-electron chi connectivity index (χ0n) is 10.9. The van der Waals surface area contributed by atoms with E-state index in [4.69, 9.17) is 4.74 Å². The molecule has 0 spiro atoms. The summed E-state index contributed by atoms with van der Waals surface area (Å²) in [6.07, 6.45) is 5.83. The molecule has 4 nitrogen and oxygen atoms in total. The van der Waals surface area contributed by atoms with Gasteiger partial charge in [-0.1, -0.05) is 19.3 Å². The molecule has 2 N–H and O–H groups in total. The molecule has 0 aromatic heterocycles. The zero-order chi connectivity index (χ0) is 12.1. The van der Waals surface area contributed by atoms with E-state index < -0.39 is 0 Å². The average Bonchev–Trinajstić information content (AvgIpc) is 2.52. The Morgan fingerprint density at radius 2 is 2.12 bits per heavy atom. The Morgan fingerprint density at radius 1 is 1.29 bits per heavy atom. The van der Waals surface area contributed by atoms with E-state index in [1.54, 1.807) is 0 Å². The van der Waals surface area contributed by atoms with Crippen molar-refractivity contribution >= 4 is 0 Å². The number of aliphatic hydroxyl groups is 1. The summed E-state index contributed by atoms with van der Waals surface area (Å²) in [6.45, 7) is 3.72. The maximum atomic E-state index is 10.0. The average molecular weight is 242 g/mol. The van der Waals surface area contributed by atoms with E-state index in [9.17, 15) is 5.11 Å². The van der Waals surface area contributed by atoms with E-state index >= 15 is 0 Å². The van der Waals surface area contributed by atoms with Gasteiger partial charge in [0.25, 0.3) is 0 Å². The summed E-state index contributed by atoms with van der Waals surface area (Å²) in [7, 11) is 2.13. The van der Waals surface area contributed by atoms with Gasteiger partial charge in [-0.3, -0.25) is 0 Å². The summed E-state index contributed by atoms with van der Waals surface area (Å²) < 4.78 is 5.72. The molecule has 1 saturated heterocycles. The van der Waals surface area contributed by atoms with E-state index in [-0.39, 0.29) is 18.2 Å². The molecule has 1 aliphatic heterocycles. The third kappa shape index (κ3) is 4.21. The topological polar surface area (TPSA) is 44.7 Å². The maximum Gasteiger partial charge on any atom is 0.0826 e. The lowest BCUT2D eigenvalue weighted by Crippen LogP contribution is -2.49. The minimum absolute atomic E-state index is 0.168. The summed E-state index contributed by atoms with van der Waals surface area (Å²) in [5.41, 5.74) is 0. The summed E-state index contributed by atoms with van der Waals surface area (Å²) >= 11 is 0. The van der Waals surface area contributed by atoms with Gasteiger partial charge in [-0.25, -0.2) is 0 Å². The van der Waals surface area contributed by atoms with Crippen molar-refractivity contribution in [1.82, 2.24) is 10.2 Å². The molecule has 2 rings (SSSR count). The second kappa shape index (κ2) is 6.69. The SMILES string of the molecule is CN1CCOC(CNC2CCCCCC2O)C1. The van der Waals surface area contributed by atoms with Gasteiger partial charge in [0.1, 0.15) is 0 Å². The molecule has 1 heterocycles. The van der Waals surface area contributed by atoms with Crippen molar-refractivity contribution in [2.75, 3.05) is 33.3 Å². The van der Waals surface area contributed by atoms with Gasteiger partial charge in [-0.05, 0) is 19.9 Å². The minimum atomic E-state index is -0.168. The van der Waals surface area contributed by atoms with E-state index in [2.05, 4.69) is 17.3 Å². The van der Waals surface area contributed by atoms with Crippen molar-refractivity contribution in [2.24, 2.45) is 0 Å². The van der Waals surface area contributed by atoms with Crippen LogP contribution in [-0.2, 0) is 4.74 Å². The zero-order valence-corrected chi connectivity index (χ0v) is 10.9. The Kier molecular flexibility index (Phi) is 5.22.